The Morgan fingerprint density at radius 3 is 2.39 bits per heavy atom. The molecule has 1 aromatic rings. The Morgan fingerprint density at radius 2 is 1.89 bits per heavy atom. The zero-order valence-electron chi connectivity index (χ0n) is 10.9. The average Bonchev–Trinajstić information content (AvgIpc) is 2.35. The van der Waals surface area contributed by atoms with Crippen LogP contribution in [0.15, 0.2) is 24.3 Å². The van der Waals surface area contributed by atoms with E-state index in [-0.39, 0.29) is 17.5 Å². The maximum absolute atomic E-state index is 11.3. The lowest BCUT2D eigenvalue weighted by molar-refractivity contribution is 0.317. The molecule has 0 saturated heterocycles. The third-order valence-corrected chi connectivity index (χ3v) is 4.50. The molecule has 0 bridgehead atoms. The molecule has 102 valence electrons. The predicted molar refractivity (Wildman–Crippen MR) is 73.5 cm³/mol. The van der Waals surface area contributed by atoms with Crippen LogP contribution in [-0.2, 0) is 9.84 Å². The van der Waals surface area contributed by atoms with Crippen LogP contribution in [0.2, 0.25) is 0 Å². The van der Waals surface area contributed by atoms with E-state index in [1.807, 2.05) is 31.2 Å². The van der Waals surface area contributed by atoms with Crippen molar-refractivity contribution in [2.24, 2.45) is 5.73 Å². The van der Waals surface area contributed by atoms with Crippen LogP contribution in [0.3, 0.4) is 0 Å². The van der Waals surface area contributed by atoms with Crippen molar-refractivity contribution in [2.75, 3.05) is 18.1 Å². The lowest BCUT2D eigenvalue weighted by Gasteiger charge is -2.09. The first-order valence-corrected chi connectivity index (χ1v) is 7.95. The van der Waals surface area contributed by atoms with Crippen LogP contribution >= 0.6 is 0 Å². The van der Waals surface area contributed by atoms with Crippen molar-refractivity contribution in [3.63, 3.8) is 0 Å². The Balaban J connectivity index is 2.36. The minimum atomic E-state index is -2.89. The van der Waals surface area contributed by atoms with Crippen molar-refractivity contribution in [3.8, 4) is 5.75 Å². The third-order valence-electron chi connectivity index (χ3n) is 2.71. The monoisotopic (exact) mass is 271 g/mol. The molecule has 0 saturated carbocycles. The molecule has 18 heavy (non-hydrogen) atoms. The standard InChI is InChI=1S/C13H21NO3S/c1-3-18(15,16)10-4-9-17-13-7-5-12(6-8-13)11(2)14/h5-8,11H,3-4,9-10,14H2,1-2H3/t11-/m1/s1. The summed E-state index contributed by atoms with van der Waals surface area (Å²) in [4.78, 5) is 0. The van der Waals surface area contributed by atoms with Crippen LogP contribution in [0.4, 0.5) is 0 Å². The molecule has 0 unspecified atom stereocenters. The van der Waals surface area contributed by atoms with Crippen LogP contribution in [0, 0.1) is 0 Å². The third kappa shape index (κ3) is 5.06. The summed E-state index contributed by atoms with van der Waals surface area (Å²) in [5, 5.41) is 0. The molecule has 0 aliphatic heterocycles. The molecule has 0 radical (unpaired) electrons. The summed E-state index contributed by atoms with van der Waals surface area (Å²) < 4.78 is 28.0. The van der Waals surface area contributed by atoms with Gasteiger partial charge in [-0.2, -0.15) is 0 Å². The fraction of sp³-hybridized carbons (Fsp3) is 0.538. The van der Waals surface area contributed by atoms with Gasteiger partial charge < -0.3 is 10.5 Å². The Bertz CT molecular complexity index is 452. The van der Waals surface area contributed by atoms with Gasteiger partial charge in [0.25, 0.3) is 0 Å². The fourth-order valence-corrected chi connectivity index (χ4v) is 2.33. The van der Waals surface area contributed by atoms with E-state index in [1.165, 1.54) is 0 Å². The van der Waals surface area contributed by atoms with Gasteiger partial charge in [0.2, 0.25) is 0 Å². The Hall–Kier alpha value is -1.07. The molecular formula is C13H21NO3S. The molecule has 0 fully saturated rings. The van der Waals surface area contributed by atoms with Gasteiger partial charge in [0.15, 0.2) is 0 Å². The Morgan fingerprint density at radius 1 is 1.28 bits per heavy atom. The molecule has 0 aliphatic carbocycles. The SMILES string of the molecule is CCS(=O)(=O)CCCOc1ccc([C@@H](C)N)cc1. The van der Waals surface area contributed by atoms with Gasteiger partial charge >= 0.3 is 0 Å². The summed E-state index contributed by atoms with van der Waals surface area (Å²) in [6.45, 7) is 3.99. The first kappa shape index (κ1) is 15.0. The molecule has 4 nitrogen and oxygen atoms in total. The molecular weight excluding hydrogens is 250 g/mol. The fourth-order valence-electron chi connectivity index (χ4n) is 1.48. The minimum Gasteiger partial charge on any atom is -0.494 e. The second-order valence-electron chi connectivity index (χ2n) is 4.30. The number of ether oxygens (including phenoxy) is 1. The van der Waals surface area contributed by atoms with Crippen LogP contribution < -0.4 is 10.5 Å². The van der Waals surface area contributed by atoms with Gasteiger partial charge in [0.1, 0.15) is 15.6 Å². The summed E-state index contributed by atoms with van der Waals surface area (Å²) >= 11 is 0. The van der Waals surface area contributed by atoms with Crippen LogP contribution in [0.25, 0.3) is 0 Å². The van der Waals surface area contributed by atoms with Crippen molar-refractivity contribution in [1.29, 1.82) is 0 Å². The summed E-state index contributed by atoms with van der Waals surface area (Å²) in [6.07, 6.45) is 0.519. The van der Waals surface area contributed by atoms with Gasteiger partial charge in [0, 0.05) is 11.8 Å². The van der Waals surface area contributed by atoms with Crippen LogP contribution in [0.5, 0.6) is 5.75 Å². The van der Waals surface area contributed by atoms with E-state index in [0.717, 1.165) is 11.3 Å². The Kier molecular flexibility index (Phi) is 5.62. The maximum atomic E-state index is 11.3. The van der Waals surface area contributed by atoms with E-state index in [0.29, 0.717) is 13.0 Å². The Labute approximate surface area is 109 Å². The summed E-state index contributed by atoms with van der Waals surface area (Å²) in [5.74, 6) is 1.12. The lowest BCUT2D eigenvalue weighted by atomic mass is 10.1. The number of nitrogens with two attached hydrogens (primary N) is 1. The molecule has 0 amide bonds. The number of hydrogen-bond donors (Lipinski definition) is 1. The highest BCUT2D eigenvalue weighted by Crippen LogP contribution is 2.16. The number of hydrogen-bond acceptors (Lipinski definition) is 4. The number of rotatable bonds is 7. The molecule has 0 aromatic heterocycles. The van der Waals surface area contributed by atoms with Gasteiger partial charge in [-0.25, -0.2) is 8.42 Å². The first-order valence-electron chi connectivity index (χ1n) is 6.13. The quantitative estimate of drug-likeness (QED) is 0.769. The highest BCUT2D eigenvalue weighted by molar-refractivity contribution is 7.91. The molecule has 0 heterocycles. The second kappa shape index (κ2) is 6.75. The van der Waals surface area contributed by atoms with Crippen molar-refractivity contribution in [1.82, 2.24) is 0 Å². The van der Waals surface area contributed by atoms with Gasteiger partial charge in [0.05, 0.1) is 12.4 Å². The summed E-state index contributed by atoms with van der Waals surface area (Å²) in [7, 11) is -2.89. The normalized spacial score (nSPS) is 13.3. The smallest absolute Gasteiger partial charge is 0.150 e. The van der Waals surface area contributed by atoms with Gasteiger partial charge in [-0.15, -0.1) is 0 Å². The van der Waals surface area contributed by atoms with Gasteiger partial charge in [-0.1, -0.05) is 19.1 Å². The zero-order valence-corrected chi connectivity index (χ0v) is 11.7. The highest BCUT2D eigenvalue weighted by atomic mass is 32.2. The molecule has 0 spiro atoms. The van der Waals surface area contributed by atoms with Crippen LogP contribution in [0.1, 0.15) is 31.9 Å². The molecule has 1 rings (SSSR count). The van der Waals surface area contributed by atoms with E-state index in [1.54, 1.807) is 6.92 Å². The predicted octanol–water partition coefficient (Wildman–Crippen LogP) is 1.91. The van der Waals surface area contributed by atoms with Crippen molar-refractivity contribution < 1.29 is 13.2 Å². The van der Waals surface area contributed by atoms with E-state index in [9.17, 15) is 8.42 Å². The topological polar surface area (TPSA) is 69.4 Å². The molecule has 1 atom stereocenters. The average molecular weight is 271 g/mol. The minimum absolute atomic E-state index is 0.00810. The molecule has 0 aliphatic rings. The maximum Gasteiger partial charge on any atom is 0.150 e. The van der Waals surface area contributed by atoms with Crippen molar-refractivity contribution in [2.45, 2.75) is 26.3 Å². The van der Waals surface area contributed by atoms with E-state index in [2.05, 4.69) is 0 Å². The highest BCUT2D eigenvalue weighted by Gasteiger charge is 2.06. The molecule has 1 aromatic carbocycles. The number of benzene rings is 1. The lowest BCUT2D eigenvalue weighted by Crippen LogP contribution is -2.11. The van der Waals surface area contributed by atoms with E-state index in [4.69, 9.17) is 10.5 Å². The van der Waals surface area contributed by atoms with Crippen molar-refractivity contribution >= 4 is 9.84 Å². The molecule has 2 N–H and O–H groups in total. The molecule has 5 heteroatoms. The summed E-state index contributed by atoms with van der Waals surface area (Å²) in [6, 6.07) is 7.56. The number of sulfone groups is 1. The second-order valence-corrected chi connectivity index (χ2v) is 6.77. The zero-order chi connectivity index (χ0) is 13.6. The first-order chi connectivity index (χ1) is 8.44. The van der Waals surface area contributed by atoms with Gasteiger partial charge in [-0.3, -0.25) is 0 Å². The van der Waals surface area contributed by atoms with Crippen LogP contribution in [-0.4, -0.2) is 26.5 Å². The summed E-state index contributed by atoms with van der Waals surface area (Å²) in [5.41, 5.74) is 6.79. The largest absolute Gasteiger partial charge is 0.494 e. The van der Waals surface area contributed by atoms with Crippen molar-refractivity contribution in [3.05, 3.63) is 29.8 Å². The van der Waals surface area contributed by atoms with E-state index < -0.39 is 9.84 Å². The van der Waals surface area contributed by atoms with Gasteiger partial charge in [-0.05, 0) is 31.0 Å². The van der Waals surface area contributed by atoms with E-state index >= 15 is 0 Å².